The van der Waals surface area contributed by atoms with Crippen LogP contribution in [0.5, 0.6) is 5.75 Å². The molecule has 0 fully saturated rings. The Labute approximate surface area is 117 Å². The second-order valence-corrected chi connectivity index (χ2v) is 5.01. The van der Waals surface area contributed by atoms with Crippen molar-refractivity contribution in [2.75, 3.05) is 0 Å². The highest BCUT2D eigenvalue weighted by Gasteiger charge is 2.06. The van der Waals surface area contributed by atoms with Gasteiger partial charge < -0.3 is 4.74 Å². The molecule has 0 unspecified atom stereocenters. The van der Waals surface area contributed by atoms with Gasteiger partial charge >= 0.3 is 0 Å². The van der Waals surface area contributed by atoms with Crippen LogP contribution in [-0.2, 0) is 6.61 Å². The third-order valence-corrected chi connectivity index (χ3v) is 3.08. The lowest BCUT2D eigenvalue weighted by molar-refractivity contribution is 0.301. The van der Waals surface area contributed by atoms with Gasteiger partial charge in [-0.25, -0.2) is 4.39 Å². The van der Waals surface area contributed by atoms with E-state index < -0.39 is 0 Å². The molecule has 4 heteroatoms. The van der Waals surface area contributed by atoms with Gasteiger partial charge in [-0.05, 0) is 35.7 Å². The van der Waals surface area contributed by atoms with Gasteiger partial charge in [0.1, 0.15) is 18.2 Å². The largest absolute Gasteiger partial charge is 0.486 e. The van der Waals surface area contributed by atoms with Gasteiger partial charge in [0.25, 0.3) is 0 Å². The van der Waals surface area contributed by atoms with Gasteiger partial charge in [0, 0.05) is 0 Å². The minimum absolute atomic E-state index is 0.265. The van der Waals surface area contributed by atoms with E-state index in [-0.39, 0.29) is 12.4 Å². The molecule has 19 heavy (non-hydrogen) atoms. The van der Waals surface area contributed by atoms with Gasteiger partial charge in [0.05, 0.1) is 16.9 Å². The number of hydrogen-bond acceptors (Lipinski definition) is 2. The van der Waals surface area contributed by atoms with E-state index in [0.29, 0.717) is 22.4 Å². The molecule has 0 saturated heterocycles. The SMILES string of the molecule is CC(C)c1ccc(OCc2ccc(F)cn2)c(Cl)c1. The molecule has 2 aromatic rings. The Morgan fingerprint density at radius 3 is 2.63 bits per heavy atom. The second-order valence-electron chi connectivity index (χ2n) is 4.60. The monoisotopic (exact) mass is 279 g/mol. The van der Waals surface area contributed by atoms with Crippen LogP contribution in [0.4, 0.5) is 4.39 Å². The quantitative estimate of drug-likeness (QED) is 0.817. The molecule has 0 radical (unpaired) electrons. The van der Waals surface area contributed by atoms with Crippen molar-refractivity contribution >= 4 is 11.6 Å². The summed E-state index contributed by atoms with van der Waals surface area (Å²) in [5.74, 6) is 0.672. The summed E-state index contributed by atoms with van der Waals surface area (Å²) >= 11 is 6.16. The highest BCUT2D eigenvalue weighted by molar-refractivity contribution is 6.32. The Kier molecular flexibility index (Phi) is 4.38. The van der Waals surface area contributed by atoms with E-state index in [2.05, 4.69) is 18.8 Å². The van der Waals surface area contributed by atoms with Crippen LogP contribution in [0, 0.1) is 5.82 Å². The third-order valence-electron chi connectivity index (χ3n) is 2.79. The molecule has 0 N–H and O–H groups in total. The molecule has 1 aromatic heterocycles. The van der Waals surface area contributed by atoms with E-state index in [1.807, 2.05) is 18.2 Å². The fourth-order valence-corrected chi connectivity index (χ4v) is 1.88. The molecule has 0 bridgehead atoms. The minimum atomic E-state index is -0.358. The van der Waals surface area contributed by atoms with Crippen molar-refractivity contribution in [1.29, 1.82) is 0 Å². The summed E-state index contributed by atoms with van der Waals surface area (Å²) in [6.07, 6.45) is 1.17. The summed E-state index contributed by atoms with van der Waals surface area (Å²) < 4.78 is 18.3. The van der Waals surface area contributed by atoms with Crippen LogP contribution < -0.4 is 4.74 Å². The number of nitrogens with zero attached hydrogens (tertiary/aromatic N) is 1. The van der Waals surface area contributed by atoms with E-state index in [4.69, 9.17) is 16.3 Å². The maximum atomic E-state index is 12.7. The van der Waals surface area contributed by atoms with Crippen molar-refractivity contribution in [1.82, 2.24) is 4.98 Å². The lowest BCUT2D eigenvalue weighted by Crippen LogP contribution is -1.99. The normalized spacial score (nSPS) is 10.8. The summed E-state index contributed by atoms with van der Waals surface area (Å²) in [6, 6.07) is 8.69. The summed E-state index contributed by atoms with van der Waals surface area (Å²) in [6.45, 7) is 4.48. The van der Waals surface area contributed by atoms with Crippen molar-refractivity contribution in [2.45, 2.75) is 26.4 Å². The van der Waals surface area contributed by atoms with Crippen LogP contribution >= 0.6 is 11.6 Å². The molecule has 0 saturated carbocycles. The zero-order valence-corrected chi connectivity index (χ0v) is 11.6. The lowest BCUT2D eigenvalue weighted by atomic mass is 10.0. The molecule has 0 aliphatic heterocycles. The average Bonchev–Trinajstić information content (AvgIpc) is 2.39. The molecular weight excluding hydrogens is 265 g/mol. The second kappa shape index (κ2) is 6.02. The van der Waals surface area contributed by atoms with E-state index in [0.717, 1.165) is 5.56 Å². The first-order valence-corrected chi connectivity index (χ1v) is 6.46. The van der Waals surface area contributed by atoms with Crippen LogP contribution in [-0.4, -0.2) is 4.98 Å². The molecule has 0 spiro atoms. The molecule has 0 aliphatic rings. The number of hydrogen-bond donors (Lipinski definition) is 0. The van der Waals surface area contributed by atoms with Crippen molar-refractivity contribution < 1.29 is 9.13 Å². The molecule has 2 nitrogen and oxygen atoms in total. The Balaban J connectivity index is 2.05. The van der Waals surface area contributed by atoms with Crippen molar-refractivity contribution in [3.63, 3.8) is 0 Å². The van der Waals surface area contributed by atoms with Gasteiger partial charge in [0.2, 0.25) is 0 Å². The van der Waals surface area contributed by atoms with E-state index in [1.165, 1.54) is 12.3 Å². The fourth-order valence-electron chi connectivity index (χ4n) is 1.64. The predicted molar refractivity (Wildman–Crippen MR) is 74.1 cm³/mol. The number of aromatic nitrogens is 1. The highest BCUT2D eigenvalue weighted by Crippen LogP contribution is 2.28. The Morgan fingerprint density at radius 2 is 2.05 bits per heavy atom. The summed E-state index contributed by atoms with van der Waals surface area (Å²) in [5, 5.41) is 0.577. The maximum Gasteiger partial charge on any atom is 0.141 e. The lowest BCUT2D eigenvalue weighted by Gasteiger charge is -2.11. The molecular formula is C15H15ClFNO. The van der Waals surface area contributed by atoms with Crippen molar-refractivity contribution in [3.05, 3.63) is 58.6 Å². The van der Waals surface area contributed by atoms with Gasteiger partial charge in [-0.1, -0.05) is 31.5 Å². The first-order valence-electron chi connectivity index (χ1n) is 6.09. The zero-order chi connectivity index (χ0) is 13.8. The Hall–Kier alpha value is -1.61. The van der Waals surface area contributed by atoms with E-state index in [1.54, 1.807) is 6.07 Å². The van der Waals surface area contributed by atoms with Crippen LogP contribution in [0.15, 0.2) is 36.5 Å². The number of ether oxygens (including phenoxy) is 1. The van der Waals surface area contributed by atoms with Gasteiger partial charge in [-0.2, -0.15) is 0 Å². The van der Waals surface area contributed by atoms with Gasteiger partial charge in [-0.15, -0.1) is 0 Å². The first kappa shape index (κ1) is 13.8. The molecule has 0 atom stereocenters. The number of rotatable bonds is 4. The van der Waals surface area contributed by atoms with Crippen molar-refractivity contribution in [2.24, 2.45) is 0 Å². The predicted octanol–water partition coefficient (Wildman–Crippen LogP) is 4.58. The maximum absolute atomic E-state index is 12.7. The fraction of sp³-hybridized carbons (Fsp3) is 0.267. The van der Waals surface area contributed by atoms with Crippen LogP contribution in [0.1, 0.15) is 31.0 Å². The standard InChI is InChI=1S/C15H15ClFNO/c1-10(2)11-3-6-15(14(16)7-11)19-9-13-5-4-12(17)8-18-13/h3-8,10H,9H2,1-2H3. The molecule has 1 heterocycles. The Morgan fingerprint density at radius 1 is 1.26 bits per heavy atom. The first-order chi connectivity index (χ1) is 9.06. The summed E-state index contributed by atoms with van der Waals surface area (Å²) in [4.78, 5) is 3.93. The van der Waals surface area contributed by atoms with E-state index in [9.17, 15) is 4.39 Å². The smallest absolute Gasteiger partial charge is 0.141 e. The minimum Gasteiger partial charge on any atom is -0.486 e. The molecule has 1 aromatic carbocycles. The number of benzene rings is 1. The number of halogens is 2. The third kappa shape index (κ3) is 3.67. The Bertz CT molecular complexity index is 555. The van der Waals surface area contributed by atoms with Crippen LogP contribution in [0.3, 0.4) is 0 Å². The van der Waals surface area contributed by atoms with Gasteiger partial charge in [-0.3, -0.25) is 4.98 Å². The van der Waals surface area contributed by atoms with Crippen molar-refractivity contribution in [3.8, 4) is 5.75 Å². The molecule has 0 aliphatic carbocycles. The summed E-state index contributed by atoms with van der Waals surface area (Å²) in [5.41, 5.74) is 1.82. The zero-order valence-electron chi connectivity index (χ0n) is 10.9. The van der Waals surface area contributed by atoms with Crippen LogP contribution in [0.25, 0.3) is 0 Å². The van der Waals surface area contributed by atoms with Gasteiger partial charge in [0.15, 0.2) is 0 Å². The topological polar surface area (TPSA) is 22.1 Å². The highest BCUT2D eigenvalue weighted by atomic mass is 35.5. The molecule has 100 valence electrons. The molecule has 2 rings (SSSR count). The molecule has 0 amide bonds. The van der Waals surface area contributed by atoms with E-state index >= 15 is 0 Å². The summed E-state index contributed by atoms with van der Waals surface area (Å²) in [7, 11) is 0. The average molecular weight is 280 g/mol. The number of pyridine rings is 1. The van der Waals surface area contributed by atoms with Crippen LogP contribution in [0.2, 0.25) is 5.02 Å².